The van der Waals surface area contributed by atoms with Crippen molar-refractivity contribution in [3.8, 4) is 11.5 Å². The Balaban J connectivity index is 1.78. The number of ether oxygens (including phenoxy) is 3. The molecule has 2 heterocycles. The summed E-state index contributed by atoms with van der Waals surface area (Å²) in [5.41, 5.74) is 2.68. The van der Waals surface area contributed by atoms with Gasteiger partial charge < -0.3 is 24.6 Å². The van der Waals surface area contributed by atoms with Gasteiger partial charge in [-0.15, -0.1) is 11.3 Å². The maximum Gasteiger partial charge on any atom is 0.341 e. The summed E-state index contributed by atoms with van der Waals surface area (Å²) in [6.07, 6.45) is -0.817. The summed E-state index contributed by atoms with van der Waals surface area (Å²) in [5, 5.41) is 14.0. The van der Waals surface area contributed by atoms with Crippen LogP contribution in [0.1, 0.15) is 45.0 Å². The second-order valence-corrected chi connectivity index (χ2v) is 8.53. The van der Waals surface area contributed by atoms with Crippen molar-refractivity contribution in [2.75, 3.05) is 39.2 Å². The number of carbonyl (C=O) groups is 2. The lowest BCUT2D eigenvalue weighted by Crippen LogP contribution is -2.39. The van der Waals surface area contributed by atoms with Crippen molar-refractivity contribution in [1.82, 2.24) is 4.90 Å². The number of amides is 1. The van der Waals surface area contributed by atoms with Crippen molar-refractivity contribution in [2.45, 2.75) is 33.4 Å². The summed E-state index contributed by atoms with van der Waals surface area (Å²) in [6, 6.07) is 3.55. The predicted molar refractivity (Wildman–Crippen MR) is 118 cm³/mol. The number of esters is 1. The summed E-state index contributed by atoms with van der Waals surface area (Å²) in [7, 11) is 3.12. The number of methoxy groups -OCH3 is 2. The van der Waals surface area contributed by atoms with E-state index < -0.39 is 12.1 Å². The summed E-state index contributed by atoms with van der Waals surface area (Å²) < 4.78 is 16.0. The largest absolute Gasteiger partial charge is 0.496 e. The van der Waals surface area contributed by atoms with Gasteiger partial charge in [0.25, 0.3) is 0 Å². The zero-order valence-electron chi connectivity index (χ0n) is 18.4. The minimum atomic E-state index is -0.817. The van der Waals surface area contributed by atoms with Gasteiger partial charge >= 0.3 is 5.97 Å². The van der Waals surface area contributed by atoms with Crippen molar-refractivity contribution >= 4 is 28.2 Å². The van der Waals surface area contributed by atoms with Gasteiger partial charge in [-0.25, -0.2) is 4.79 Å². The first-order valence-corrected chi connectivity index (χ1v) is 10.8. The van der Waals surface area contributed by atoms with Gasteiger partial charge in [0.15, 0.2) is 0 Å². The molecule has 9 heteroatoms. The fourth-order valence-electron chi connectivity index (χ4n) is 3.80. The Labute approximate surface area is 185 Å². The number of benzene rings is 1. The van der Waals surface area contributed by atoms with E-state index in [-0.39, 0.29) is 25.6 Å². The molecular formula is C22H28N2O6S. The number of rotatable bonds is 7. The summed E-state index contributed by atoms with van der Waals surface area (Å²) >= 11 is 1.35. The van der Waals surface area contributed by atoms with Crippen LogP contribution in [0.2, 0.25) is 0 Å². The lowest BCUT2D eigenvalue weighted by molar-refractivity contribution is -0.117. The van der Waals surface area contributed by atoms with Gasteiger partial charge in [-0.1, -0.05) is 0 Å². The fraction of sp³-hybridized carbons (Fsp3) is 0.455. The average Bonchev–Trinajstić information content (AvgIpc) is 3.00. The minimum absolute atomic E-state index is 0.0507. The van der Waals surface area contributed by atoms with Gasteiger partial charge in [0.2, 0.25) is 5.91 Å². The standard InChI is InChI=1S/C22H28N2O6S/c1-6-30-22(27)19-12(2)13(3)31-21(19)23-18(26)11-24-9-14-16(28-4)7-8-17(29-5)20(14)15(25)10-24/h7-8,15,25H,6,9-11H2,1-5H3,(H,23,26). The quantitative estimate of drug-likeness (QED) is 0.629. The third-order valence-corrected chi connectivity index (χ3v) is 6.47. The second kappa shape index (κ2) is 9.67. The summed E-state index contributed by atoms with van der Waals surface area (Å²) in [6.45, 7) is 6.49. The highest BCUT2D eigenvalue weighted by atomic mass is 32.1. The maximum atomic E-state index is 12.8. The molecule has 1 amide bonds. The van der Waals surface area contributed by atoms with Gasteiger partial charge in [0, 0.05) is 29.1 Å². The van der Waals surface area contributed by atoms with Crippen LogP contribution in [-0.2, 0) is 16.1 Å². The van der Waals surface area contributed by atoms with Crippen molar-refractivity contribution in [1.29, 1.82) is 0 Å². The number of fused-ring (bicyclic) bond motifs is 1. The molecule has 3 rings (SSSR count). The zero-order valence-corrected chi connectivity index (χ0v) is 19.2. The van der Waals surface area contributed by atoms with E-state index in [1.807, 2.05) is 18.7 Å². The molecule has 1 aliphatic heterocycles. The highest BCUT2D eigenvalue weighted by molar-refractivity contribution is 7.16. The topological polar surface area (TPSA) is 97.3 Å². The fourth-order valence-corrected chi connectivity index (χ4v) is 4.86. The molecule has 0 aliphatic carbocycles. The van der Waals surface area contributed by atoms with Crippen LogP contribution in [0.5, 0.6) is 11.5 Å². The Morgan fingerprint density at radius 2 is 1.90 bits per heavy atom. The van der Waals surface area contributed by atoms with Crippen LogP contribution in [0.4, 0.5) is 5.00 Å². The van der Waals surface area contributed by atoms with E-state index in [0.717, 1.165) is 16.0 Å². The molecule has 0 spiro atoms. The molecule has 1 atom stereocenters. The monoisotopic (exact) mass is 448 g/mol. The van der Waals surface area contributed by atoms with Crippen LogP contribution >= 0.6 is 11.3 Å². The predicted octanol–water partition coefficient (Wildman–Crippen LogP) is 3.05. The first kappa shape index (κ1) is 23.1. The zero-order chi connectivity index (χ0) is 22.7. The van der Waals surface area contributed by atoms with E-state index in [1.54, 1.807) is 33.3 Å². The van der Waals surface area contributed by atoms with Gasteiger partial charge in [-0.2, -0.15) is 0 Å². The summed E-state index contributed by atoms with van der Waals surface area (Å²) in [4.78, 5) is 27.9. The van der Waals surface area contributed by atoms with E-state index in [2.05, 4.69) is 5.32 Å². The van der Waals surface area contributed by atoms with Crippen molar-refractivity contribution in [3.63, 3.8) is 0 Å². The number of nitrogens with one attached hydrogen (secondary N) is 1. The average molecular weight is 449 g/mol. The van der Waals surface area contributed by atoms with Crippen molar-refractivity contribution < 1.29 is 28.9 Å². The van der Waals surface area contributed by atoms with E-state index >= 15 is 0 Å². The number of anilines is 1. The number of β-amino-alcohol motifs (C(OH)–C–C–N with tert-alkyl or cyclic N) is 1. The van der Waals surface area contributed by atoms with Crippen LogP contribution in [0.15, 0.2) is 12.1 Å². The number of hydrogen-bond acceptors (Lipinski definition) is 8. The minimum Gasteiger partial charge on any atom is -0.496 e. The lowest BCUT2D eigenvalue weighted by atomic mass is 9.95. The number of hydrogen-bond donors (Lipinski definition) is 2. The first-order chi connectivity index (χ1) is 14.8. The molecule has 2 aromatic rings. The van der Waals surface area contributed by atoms with Crippen LogP contribution in [0, 0.1) is 13.8 Å². The number of aliphatic hydroxyl groups excluding tert-OH is 1. The third kappa shape index (κ3) is 4.68. The molecule has 0 radical (unpaired) electrons. The van der Waals surface area contributed by atoms with E-state index in [0.29, 0.717) is 34.2 Å². The molecule has 0 bridgehead atoms. The molecule has 168 valence electrons. The normalized spacial score (nSPS) is 15.9. The third-order valence-electron chi connectivity index (χ3n) is 5.35. The molecule has 0 saturated carbocycles. The Bertz CT molecular complexity index is 987. The van der Waals surface area contributed by atoms with Crippen molar-refractivity contribution in [3.05, 3.63) is 39.3 Å². The van der Waals surface area contributed by atoms with E-state index in [1.165, 1.54) is 11.3 Å². The Morgan fingerprint density at radius 3 is 2.55 bits per heavy atom. The lowest BCUT2D eigenvalue weighted by Gasteiger charge is -2.33. The number of aliphatic hydroxyl groups is 1. The molecule has 0 fully saturated rings. The maximum absolute atomic E-state index is 12.8. The van der Waals surface area contributed by atoms with Crippen LogP contribution < -0.4 is 14.8 Å². The van der Waals surface area contributed by atoms with Crippen LogP contribution in [0.3, 0.4) is 0 Å². The number of thiophene rings is 1. The van der Waals surface area contributed by atoms with E-state index in [9.17, 15) is 14.7 Å². The molecule has 2 N–H and O–H groups in total. The Hall–Kier alpha value is -2.62. The molecule has 1 unspecified atom stereocenters. The Morgan fingerprint density at radius 1 is 1.23 bits per heavy atom. The van der Waals surface area contributed by atoms with Gasteiger partial charge in [0.05, 0.1) is 39.0 Å². The SMILES string of the molecule is CCOC(=O)c1c(NC(=O)CN2Cc3c(OC)ccc(OC)c3C(O)C2)sc(C)c1C. The number of carbonyl (C=O) groups excluding carboxylic acids is 2. The molecular weight excluding hydrogens is 420 g/mol. The van der Waals surface area contributed by atoms with E-state index in [4.69, 9.17) is 14.2 Å². The van der Waals surface area contributed by atoms with Gasteiger partial charge in [-0.3, -0.25) is 9.69 Å². The van der Waals surface area contributed by atoms with Gasteiger partial charge in [0.1, 0.15) is 16.5 Å². The van der Waals surface area contributed by atoms with Crippen LogP contribution in [0.25, 0.3) is 0 Å². The molecule has 8 nitrogen and oxygen atoms in total. The highest BCUT2D eigenvalue weighted by Crippen LogP contribution is 2.39. The number of nitrogens with zero attached hydrogens (tertiary/aromatic N) is 1. The van der Waals surface area contributed by atoms with Crippen molar-refractivity contribution in [2.24, 2.45) is 0 Å². The van der Waals surface area contributed by atoms with Gasteiger partial charge in [-0.05, 0) is 38.5 Å². The summed E-state index contributed by atoms with van der Waals surface area (Å²) in [5.74, 6) is 0.508. The molecule has 1 aliphatic rings. The molecule has 0 saturated heterocycles. The molecule has 31 heavy (non-hydrogen) atoms. The van der Waals surface area contributed by atoms with Crippen LogP contribution in [-0.4, -0.2) is 55.8 Å². The molecule has 1 aromatic carbocycles. The second-order valence-electron chi connectivity index (χ2n) is 7.30. The molecule has 1 aromatic heterocycles. The Kier molecular flexibility index (Phi) is 7.19. The number of aryl methyl sites for hydroxylation is 1. The first-order valence-electron chi connectivity index (χ1n) is 10.0. The smallest absolute Gasteiger partial charge is 0.341 e. The highest BCUT2D eigenvalue weighted by Gasteiger charge is 2.31.